The van der Waals surface area contributed by atoms with E-state index in [4.69, 9.17) is 0 Å². The zero-order valence-corrected chi connectivity index (χ0v) is 5.29. The molecule has 0 aromatic rings. The Morgan fingerprint density at radius 2 is 2.11 bits per heavy atom. The van der Waals surface area contributed by atoms with Crippen LogP contribution in [0.1, 0.15) is 6.92 Å². The van der Waals surface area contributed by atoms with E-state index in [-0.39, 0.29) is 11.9 Å². The molecule has 0 spiro atoms. The molecule has 4 nitrogen and oxygen atoms in total. The number of imide groups is 1. The van der Waals surface area contributed by atoms with Crippen LogP contribution in [0.25, 0.3) is 0 Å². The normalized spacial score (nSPS) is 26.9. The van der Waals surface area contributed by atoms with E-state index in [9.17, 15) is 9.59 Å². The Morgan fingerprint density at radius 3 is 2.22 bits per heavy atom. The first-order chi connectivity index (χ1) is 4.13. The number of hydrogen-bond acceptors (Lipinski definition) is 2. The lowest BCUT2D eigenvalue weighted by Gasteiger charge is -2.08. The average molecular weight is 127 g/mol. The molecule has 0 aromatic heterocycles. The van der Waals surface area contributed by atoms with E-state index >= 15 is 0 Å². The van der Waals surface area contributed by atoms with E-state index < -0.39 is 6.03 Å². The van der Waals surface area contributed by atoms with Crippen molar-refractivity contribution in [2.24, 2.45) is 0 Å². The molecule has 1 aliphatic heterocycles. The maximum Gasteiger partial charge on any atom is 0.347 e. The van der Waals surface area contributed by atoms with Gasteiger partial charge in [-0.2, -0.15) is 5.32 Å². The number of likely N-dealkylation sites (N-methyl/N-ethyl adjacent to an activating group) is 1. The van der Waals surface area contributed by atoms with Gasteiger partial charge in [0.2, 0.25) is 0 Å². The van der Waals surface area contributed by atoms with Crippen molar-refractivity contribution in [1.29, 1.82) is 0 Å². The Balaban J connectivity index is 2.77. The molecule has 1 rings (SSSR count). The molecule has 4 heteroatoms. The van der Waals surface area contributed by atoms with Gasteiger partial charge in [0.05, 0.1) is 0 Å². The number of carbonyl (C=O) groups excluding carboxylic acids is 2. The summed E-state index contributed by atoms with van der Waals surface area (Å²) >= 11 is 0. The Hall–Kier alpha value is -1.06. The first-order valence-corrected chi connectivity index (χ1v) is 2.65. The number of rotatable bonds is 0. The van der Waals surface area contributed by atoms with E-state index in [1.807, 2.05) is 0 Å². The van der Waals surface area contributed by atoms with Crippen molar-refractivity contribution in [3.8, 4) is 0 Å². The number of hydrogen-bond donors (Lipinski definition) is 0. The van der Waals surface area contributed by atoms with Gasteiger partial charge in [-0.05, 0) is 6.92 Å². The molecule has 0 aromatic carbocycles. The van der Waals surface area contributed by atoms with E-state index in [1.165, 1.54) is 4.90 Å². The highest BCUT2D eigenvalue weighted by atomic mass is 16.2. The van der Waals surface area contributed by atoms with Crippen LogP contribution in [-0.2, 0) is 4.79 Å². The third-order valence-electron chi connectivity index (χ3n) is 1.45. The van der Waals surface area contributed by atoms with Gasteiger partial charge >= 0.3 is 6.03 Å². The second kappa shape index (κ2) is 1.72. The predicted molar refractivity (Wildman–Crippen MR) is 29.8 cm³/mol. The highest BCUT2D eigenvalue weighted by Crippen LogP contribution is 2.04. The van der Waals surface area contributed by atoms with Crippen LogP contribution < -0.4 is 5.32 Å². The molecular formula is C5H7N2O2. The maximum atomic E-state index is 10.6. The van der Waals surface area contributed by atoms with Crippen molar-refractivity contribution in [2.75, 3.05) is 7.05 Å². The van der Waals surface area contributed by atoms with Gasteiger partial charge in [0.15, 0.2) is 0 Å². The summed E-state index contributed by atoms with van der Waals surface area (Å²) in [5.74, 6) is -0.345. The van der Waals surface area contributed by atoms with Crippen LogP contribution in [-0.4, -0.2) is 29.9 Å². The molecule has 1 fully saturated rings. The van der Waals surface area contributed by atoms with Crippen molar-refractivity contribution in [3.05, 3.63) is 0 Å². The molecule has 9 heavy (non-hydrogen) atoms. The minimum absolute atomic E-state index is 0.345. The van der Waals surface area contributed by atoms with Crippen molar-refractivity contribution in [1.82, 2.24) is 10.2 Å². The van der Waals surface area contributed by atoms with Crippen LogP contribution in [0.15, 0.2) is 0 Å². The van der Waals surface area contributed by atoms with Gasteiger partial charge in [0.25, 0.3) is 5.91 Å². The monoisotopic (exact) mass is 127 g/mol. The topological polar surface area (TPSA) is 51.5 Å². The molecule has 1 unspecified atom stereocenters. The molecule has 0 bridgehead atoms. The number of urea groups is 1. The summed E-state index contributed by atoms with van der Waals surface area (Å²) in [7, 11) is 1.56. The van der Waals surface area contributed by atoms with Crippen LogP contribution in [0.2, 0.25) is 0 Å². The Labute approximate surface area is 52.8 Å². The average Bonchev–Trinajstić information content (AvgIpc) is 1.98. The third-order valence-corrected chi connectivity index (χ3v) is 1.45. The summed E-state index contributed by atoms with van der Waals surface area (Å²) in [6.07, 6.45) is 0. The lowest BCUT2D eigenvalue weighted by Crippen LogP contribution is -2.27. The van der Waals surface area contributed by atoms with Gasteiger partial charge in [-0.25, -0.2) is 4.79 Å². The third kappa shape index (κ3) is 0.759. The first-order valence-electron chi connectivity index (χ1n) is 2.65. The fourth-order valence-corrected chi connectivity index (χ4v) is 0.598. The second-order valence-electron chi connectivity index (χ2n) is 2.02. The molecule has 1 atom stereocenters. The predicted octanol–water partition coefficient (Wildman–Crippen LogP) is -0.429. The number of nitrogens with zero attached hydrogens (tertiary/aromatic N) is 2. The molecule has 0 saturated carbocycles. The lowest BCUT2D eigenvalue weighted by molar-refractivity contribution is -0.121. The van der Waals surface area contributed by atoms with Crippen molar-refractivity contribution < 1.29 is 9.59 Å². The molecule has 3 amide bonds. The van der Waals surface area contributed by atoms with E-state index in [1.54, 1.807) is 14.0 Å². The molecule has 1 radical (unpaired) electrons. The molecular weight excluding hydrogens is 120 g/mol. The number of amides is 3. The van der Waals surface area contributed by atoms with Gasteiger partial charge in [0.1, 0.15) is 6.04 Å². The van der Waals surface area contributed by atoms with Gasteiger partial charge in [-0.3, -0.25) is 4.79 Å². The van der Waals surface area contributed by atoms with Crippen molar-refractivity contribution >= 4 is 11.9 Å². The first kappa shape index (κ1) is 6.07. The Bertz CT molecular complexity index is 148. The molecule has 49 valence electrons. The minimum Gasteiger partial charge on any atom is -0.314 e. The van der Waals surface area contributed by atoms with Crippen LogP contribution in [0.4, 0.5) is 4.79 Å². The minimum atomic E-state index is -0.438. The summed E-state index contributed by atoms with van der Waals surface area (Å²) in [6, 6.07) is -0.801. The smallest absolute Gasteiger partial charge is 0.314 e. The summed E-state index contributed by atoms with van der Waals surface area (Å²) in [5.41, 5.74) is 0. The highest BCUT2D eigenvalue weighted by Gasteiger charge is 2.33. The number of carbonyl (C=O) groups is 2. The second-order valence-corrected chi connectivity index (χ2v) is 2.02. The summed E-state index contributed by atoms with van der Waals surface area (Å²) in [5, 5.41) is 3.20. The largest absolute Gasteiger partial charge is 0.347 e. The zero-order valence-electron chi connectivity index (χ0n) is 5.29. The van der Waals surface area contributed by atoms with Crippen LogP contribution >= 0.6 is 0 Å². The van der Waals surface area contributed by atoms with Gasteiger partial charge < -0.3 is 4.90 Å². The molecule has 1 saturated heterocycles. The fourth-order valence-electron chi connectivity index (χ4n) is 0.598. The van der Waals surface area contributed by atoms with Gasteiger partial charge in [-0.1, -0.05) is 0 Å². The lowest BCUT2D eigenvalue weighted by atomic mass is 10.3. The molecule has 1 heterocycles. The van der Waals surface area contributed by atoms with Gasteiger partial charge in [0, 0.05) is 7.05 Å². The van der Waals surface area contributed by atoms with E-state index in [0.29, 0.717) is 0 Å². The Morgan fingerprint density at radius 1 is 1.56 bits per heavy atom. The van der Waals surface area contributed by atoms with Crippen molar-refractivity contribution in [3.63, 3.8) is 0 Å². The maximum absolute atomic E-state index is 10.6. The SMILES string of the molecule is CC1C(=O)[N]C(=O)N1C. The quantitative estimate of drug-likeness (QED) is 0.414. The van der Waals surface area contributed by atoms with E-state index in [0.717, 1.165) is 0 Å². The van der Waals surface area contributed by atoms with Crippen LogP contribution in [0.5, 0.6) is 0 Å². The van der Waals surface area contributed by atoms with Crippen LogP contribution in [0.3, 0.4) is 0 Å². The standard InChI is InChI=1S/C5H7N2O2/c1-3-4(8)6-5(9)7(3)2/h3H,1-2H3. The van der Waals surface area contributed by atoms with E-state index in [2.05, 4.69) is 5.32 Å². The fraction of sp³-hybridized carbons (Fsp3) is 0.600. The Kier molecular flexibility index (Phi) is 1.16. The molecule has 1 aliphatic rings. The van der Waals surface area contributed by atoms with Crippen molar-refractivity contribution in [2.45, 2.75) is 13.0 Å². The molecule has 0 aliphatic carbocycles. The zero-order chi connectivity index (χ0) is 7.02. The summed E-state index contributed by atoms with van der Waals surface area (Å²) in [4.78, 5) is 22.4. The highest BCUT2D eigenvalue weighted by molar-refractivity contribution is 6.03. The summed E-state index contributed by atoms with van der Waals surface area (Å²) in [6.45, 7) is 1.65. The summed E-state index contributed by atoms with van der Waals surface area (Å²) < 4.78 is 0. The van der Waals surface area contributed by atoms with Gasteiger partial charge in [-0.15, -0.1) is 0 Å². The van der Waals surface area contributed by atoms with Crippen LogP contribution in [0, 0.1) is 0 Å². The molecule has 0 N–H and O–H groups in total.